The lowest BCUT2D eigenvalue weighted by Crippen LogP contribution is -2.49. The van der Waals surface area contributed by atoms with Crippen molar-refractivity contribution in [2.24, 2.45) is 0 Å². The highest BCUT2D eigenvalue weighted by Gasteiger charge is 2.28. The minimum atomic E-state index is -0.193. The lowest BCUT2D eigenvalue weighted by atomic mass is 10.1. The van der Waals surface area contributed by atoms with Gasteiger partial charge in [-0.25, -0.2) is 0 Å². The molecule has 1 fully saturated rings. The van der Waals surface area contributed by atoms with Crippen LogP contribution in [0.1, 0.15) is 30.6 Å². The average molecular weight is 359 g/mol. The molecule has 0 bridgehead atoms. The number of hydrogen-bond acceptors (Lipinski definition) is 5. The summed E-state index contributed by atoms with van der Waals surface area (Å²) in [4.78, 5) is 42.2. The number of nitrogens with zero attached hydrogens (tertiary/aromatic N) is 3. The summed E-state index contributed by atoms with van der Waals surface area (Å²) in [5.74, 6) is 0.361. The number of hydrogen-bond donors (Lipinski definition) is 0. The van der Waals surface area contributed by atoms with Gasteiger partial charge in [-0.05, 0) is 31.7 Å². The molecule has 7 nitrogen and oxygen atoms in total. The number of likely N-dealkylation sites (N-methyl/N-ethyl adjacent to an activating group) is 1. The molecule has 2 aliphatic heterocycles. The molecule has 0 aliphatic carbocycles. The molecular weight excluding hydrogens is 334 g/mol. The van der Waals surface area contributed by atoms with Crippen LogP contribution >= 0.6 is 0 Å². The van der Waals surface area contributed by atoms with E-state index in [0.29, 0.717) is 23.5 Å². The van der Waals surface area contributed by atoms with Crippen molar-refractivity contribution in [1.82, 2.24) is 9.80 Å². The third-order valence-electron chi connectivity index (χ3n) is 5.03. The molecule has 1 saturated heterocycles. The molecule has 0 spiro atoms. The Kier molecular flexibility index (Phi) is 5.56. The Morgan fingerprint density at radius 1 is 1.15 bits per heavy atom. The minimum absolute atomic E-state index is 0.0459. The zero-order valence-corrected chi connectivity index (χ0v) is 15.4. The van der Waals surface area contributed by atoms with Crippen molar-refractivity contribution in [3.63, 3.8) is 0 Å². The number of ether oxygens (including phenoxy) is 1. The summed E-state index contributed by atoms with van der Waals surface area (Å²) in [6.45, 7) is 8.10. The predicted molar refractivity (Wildman–Crippen MR) is 97.6 cm³/mol. The maximum atomic E-state index is 12.5. The highest BCUT2D eigenvalue weighted by Crippen LogP contribution is 2.33. The third-order valence-corrected chi connectivity index (χ3v) is 5.03. The maximum absolute atomic E-state index is 12.5. The van der Waals surface area contributed by atoms with Gasteiger partial charge in [0.25, 0.3) is 5.91 Å². The van der Waals surface area contributed by atoms with Crippen molar-refractivity contribution in [3.8, 4) is 5.75 Å². The highest BCUT2D eigenvalue weighted by atomic mass is 16.5. The second kappa shape index (κ2) is 7.86. The fourth-order valence-corrected chi connectivity index (χ4v) is 3.35. The van der Waals surface area contributed by atoms with Crippen molar-refractivity contribution in [3.05, 3.63) is 23.8 Å². The number of ketones is 1. The van der Waals surface area contributed by atoms with Crippen LogP contribution in [-0.2, 0) is 9.59 Å². The molecule has 0 radical (unpaired) electrons. The summed E-state index contributed by atoms with van der Waals surface area (Å²) >= 11 is 0. The molecule has 0 atom stereocenters. The molecule has 0 aromatic heterocycles. The Labute approximate surface area is 153 Å². The molecule has 7 heteroatoms. The second-order valence-electron chi connectivity index (χ2n) is 6.64. The van der Waals surface area contributed by atoms with E-state index in [1.165, 1.54) is 6.92 Å². The molecule has 2 aliphatic rings. The van der Waals surface area contributed by atoms with Gasteiger partial charge >= 0.3 is 0 Å². The van der Waals surface area contributed by atoms with Gasteiger partial charge in [0.2, 0.25) is 5.91 Å². The number of fused-ring (bicyclic) bond motifs is 1. The first-order valence-corrected chi connectivity index (χ1v) is 9.08. The van der Waals surface area contributed by atoms with Gasteiger partial charge in [0.15, 0.2) is 12.4 Å². The van der Waals surface area contributed by atoms with Crippen LogP contribution < -0.4 is 9.64 Å². The lowest BCUT2D eigenvalue weighted by molar-refractivity contribution is -0.132. The van der Waals surface area contributed by atoms with Crippen molar-refractivity contribution >= 4 is 23.3 Å². The summed E-state index contributed by atoms with van der Waals surface area (Å²) in [6.07, 6.45) is 0.265. The van der Waals surface area contributed by atoms with Crippen molar-refractivity contribution in [2.75, 3.05) is 50.8 Å². The summed E-state index contributed by atoms with van der Waals surface area (Å²) in [5.41, 5.74) is 1.09. The Hall–Kier alpha value is -2.41. The molecule has 26 heavy (non-hydrogen) atoms. The van der Waals surface area contributed by atoms with E-state index in [9.17, 15) is 14.4 Å². The Bertz CT molecular complexity index is 711. The molecule has 0 N–H and O–H groups in total. The van der Waals surface area contributed by atoms with E-state index < -0.39 is 0 Å². The van der Waals surface area contributed by atoms with Gasteiger partial charge in [-0.2, -0.15) is 0 Å². The second-order valence-corrected chi connectivity index (χ2v) is 6.64. The predicted octanol–water partition coefficient (Wildman–Crippen LogP) is 1.17. The largest absolute Gasteiger partial charge is 0.482 e. The van der Waals surface area contributed by atoms with Crippen LogP contribution in [0.3, 0.4) is 0 Å². The minimum Gasteiger partial charge on any atom is -0.482 e. The molecule has 2 amide bonds. The van der Waals surface area contributed by atoms with Crippen LogP contribution in [0.5, 0.6) is 5.75 Å². The molecule has 1 aromatic carbocycles. The summed E-state index contributed by atoms with van der Waals surface area (Å²) in [5, 5.41) is 0. The molecular formula is C19H25N3O4. The van der Waals surface area contributed by atoms with E-state index >= 15 is 0 Å². The number of piperazine rings is 1. The van der Waals surface area contributed by atoms with Gasteiger partial charge in [0.05, 0.1) is 5.69 Å². The highest BCUT2D eigenvalue weighted by molar-refractivity contribution is 6.01. The van der Waals surface area contributed by atoms with E-state index in [4.69, 9.17) is 4.74 Å². The number of benzene rings is 1. The number of Topliss-reactive ketones (excluding diaryl/α,β-unsaturated/α-hetero) is 1. The van der Waals surface area contributed by atoms with Gasteiger partial charge in [0.1, 0.15) is 5.75 Å². The standard InChI is InChI=1S/C19H25N3O4/c1-3-20-8-10-21(11-9-20)18(24)6-7-22-16-12-15(14(2)23)4-5-17(16)26-13-19(22)25/h4-5,12H,3,6-11,13H2,1-2H3. The molecule has 1 aromatic rings. The molecule has 140 valence electrons. The van der Waals surface area contributed by atoms with Gasteiger partial charge in [-0.15, -0.1) is 0 Å². The van der Waals surface area contributed by atoms with Crippen molar-refractivity contribution in [1.29, 1.82) is 0 Å². The zero-order valence-electron chi connectivity index (χ0n) is 15.4. The van der Waals surface area contributed by atoms with Crippen LogP contribution in [0.2, 0.25) is 0 Å². The van der Waals surface area contributed by atoms with E-state index in [1.54, 1.807) is 23.1 Å². The van der Waals surface area contributed by atoms with Crippen LogP contribution in [0, 0.1) is 0 Å². The van der Waals surface area contributed by atoms with Crippen LogP contribution in [0.4, 0.5) is 5.69 Å². The first-order chi connectivity index (χ1) is 12.5. The summed E-state index contributed by atoms with van der Waals surface area (Å²) < 4.78 is 5.44. The first kappa shape index (κ1) is 18.4. The monoisotopic (exact) mass is 359 g/mol. The van der Waals surface area contributed by atoms with Crippen LogP contribution in [-0.4, -0.2) is 73.3 Å². The molecule has 2 heterocycles. The lowest BCUT2D eigenvalue weighted by Gasteiger charge is -2.35. The van der Waals surface area contributed by atoms with Gasteiger partial charge < -0.3 is 19.4 Å². The number of carbonyl (C=O) groups excluding carboxylic acids is 3. The van der Waals surface area contributed by atoms with Gasteiger partial charge in [-0.3, -0.25) is 14.4 Å². The topological polar surface area (TPSA) is 70.2 Å². The zero-order chi connectivity index (χ0) is 18.7. The number of anilines is 1. The SMILES string of the molecule is CCN1CCN(C(=O)CCN2C(=O)COc3ccc(C(C)=O)cc32)CC1. The fourth-order valence-electron chi connectivity index (χ4n) is 3.35. The molecule has 0 unspecified atom stereocenters. The number of amides is 2. The third kappa shape index (κ3) is 3.88. The Morgan fingerprint density at radius 3 is 2.54 bits per heavy atom. The van der Waals surface area contributed by atoms with Crippen LogP contribution in [0.25, 0.3) is 0 Å². The van der Waals surface area contributed by atoms with E-state index in [0.717, 1.165) is 32.7 Å². The van der Waals surface area contributed by atoms with E-state index in [2.05, 4.69) is 11.8 Å². The molecule has 3 rings (SSSR count). The average Bonchev–Trinajstić information content (AvgIpc) is 2.66. The summed E-state index contributed by atoms with van der Waals surface area (Å²) in [7, 11) is 0. The maximum Gasteiger partial charge on any atom is 0.265 e. The van der Waals surface area contributed by atoms with E-state index in [-0.39, 0.29) is 30.6 Å². The normalized spacial score (nSPS) is 17.7. The quantitative estimate of drug-likeness (QED) is 0.738. The van der Waals surface area contributed by atoms with Gasteiger partial charge in [-0.1, -0.05) is 6.92 Å². The van der Waals surface area contributed by atoms with Crippen molar-refractivity contribution < 1.29 is 19.1 Å². The van der Waals surface area contributed by atoms with Gasteiger partial charge in [0, 0.05) is 44.7 Å². The fraction of sp³-hybridized carbons (Fsp3) is 0.526. The van der Waals surface area contributed by atoms with Crippen LogP contribution in [0.15, 0.2) is 18.2 Å². The Balaban J connectivity index is 1.66. The summed E-state index contributed by atoms with van der Waals surface area (Å²) in [6, 6.07) is 5.06. The number of rotatable bonds is 5. The molecule has 0 saturated carbocycles. The smallest absolute Gasteiger partial charge is 0.265 e. The Morgan fingerprint density at radius 2 is 1.88 bits per heavy atom. The number of carbonyl (C=O) groups is 3. The van der Waals surface area contributed by atoms with E-state index in [1.807, 2.05) is 4.90 Å². The first-order valence-electron chi connectivity index (χ1n) is 9.08. The van der Waals surface area contributed by atoms with Crippen molar-refractivity contribution in [2.45, 2.75) is 20.3 Å².